The summed E-state index contributed by atoms with van der Waals surface area (Å²) in [6, 6.07) is 1.75. The minimum absolute atomic E-state index is 0.466. The van der Waals surface area contributed by atoms with Crippen LogP contribution in [0, 0.1) is 11.3 Å². The second kappa shape index (κ2) is 4.08. The Kier molecular flexibility index (Phi) is 3.12. The standard InChI is InChI=1S/C14H27N/c1-5-15-12-9-7-6-8-11(12)10-13(15)14(2,3)4/h11-13H,5-10H2,1-4H3. The third-order valence-electron chi connectivity index (χ3n) is 4.59. The number of hydrogen-bond donors (Lipinski definition) is 0. The number of likely N-dealkylation sites (tertiary alicyclic amines) is 1. The van der Waals surface area contributed by atoms with E-state index >= 15 is 0 Å². The highest BCUT2D eigenvalue weighted by Gasteiger charge is 2.45. The van der Waals surface area contributed by atoms with Crippen molar-refractivity contribution in [1.29, 1.82) is 0 Å². The Labute approximate surface area is 95.2 Å². The van der Waals surface area contributed by atoms with Crippen LogP contribution < -0.4 is 0 Å². The maximum atomic E-state index is 2.81. The van der Waals surface area contributed by atoms with Crippen molar-refractivity contribution in [3.63, 3.8) is 0 Å². The van der Waals surface area contributed by atoms with Gasteiger partial charge in [-0.25, -0.2) is 0 Å². The normalized spacial score (nSPS) is 38.0. The van der Waals surface area contributed by atoms with Crippen molar-refractivity contribution >= 4 is 0 Å². The van der Waals surface area contributed by atoms with E-state index in [1.54, 1.807) is 0 Å². The van der Waals surface area contributed by atoms with Crippen LogP contribution in [0.2, 0.25) is 0 Å². The number of nitrogens with zero attached hydrogens (tertiary/aromatic N) is 1. The van der Waals surface area contributed by atoms with E-state index in [1.165, 1.54) is 38.6 Å². The molecule has 0 amide bonds. The fourth-order valence-electron chi connectivity index (χ4n) is 3.86. The van der Waals surface area contributed by atoms with Gasteiger partial charge in [0.2, 0.25) is 0 Å². The van der Waals surface area contributed by atoms with Gasteiger partial charge in [-0.3, -0.25) is 4.90 Å². The van der Waals surface area contributed by atoms with Gasteiger partial charge < -0.3 is 0 Å². The molecule has 0 aromatic carbocycles. The predicted octanol–water partition coefficient (Wildman–Crippen LogP) is 3.69. The van der Waals surface area contributed by atoms with E-state index in [4.69, 9.17) is 0 Å². The van der Waals surface area contributed by atoms with Gasteiger partial charge in [0.25, 0.3) is 0 Å². The first-order valence-electron chi connectivity index (χ1n) is 6.79. The Morgan fingerprint density at radius 1 is 1.13 bits per heavy atom. The molecule has 1 aliphatic carbocycles. The zero-order valence-corrected chi connectivity index (χ0v) is 10.9. The van der Waals surface area contributed by atoms with Gasteiger partial charge in [-0.2, -0.15) is 0 Å². The molecular weight excluding hydrogens is 182 g/mol. The number of fused-ring (bicyclic) bond motifs is 1. The molecule has 88 valence electrons. The quantitative estimate of drug-likeness (QED) is 0.636. The molecule has 0 aromatic heterocycles. The van der Waals surface area contributed by atoms with Crippen molar-refractivity contribution in [2.24, 2.45) is 11.3 Å². The maximum Gasteiger partial charge on any atom is 0.0150 e. The molecule has 15 heavy (non-hydrogen) atoms. The van der Waals surface area contributed by atoms with E-state index in [2.05, 4.69) is 32.6 Å². The zero-order valence-electron chi connectivity index (χ0n) is 10.9. The first-order valence-corrected chi connectivity index (χ1v) is 6.79. The molecule has 0 aromatic rings. The van der Waals surface area contributed by atoms with E-state index in [9.17, 15) is 0 Å². The van der Waals surface area contributed by atoms with Crippen molar-refractivity contribution < 1.29 is 0 Å². The van der Waals surface area contributed by atoms with E-state index in [0.717, 1.165) is 18.0 Å². The SMILES string of the molecule is CCN1C2CCCCC2CC1C(C)(C)C. The first kappa shape index (κ1) is 11.4. The zero-order chi connectivity index (χ0) is 11.1. The average Bonchev–Trinajstić information content (AvgIpc) is 2.55. The van der Waals surface area contributed by atoms with Gasteiger partial charge in [-0.1, -0.05) is 40.5 Å². The van der Waals surface area contributed by atoms with Crippen LogP contribution in [-0.2, 0) is 0 Å². The lowest BCUT2D eigenvalue weighted by Crippen LogP contribution is -2.44. The average molecular weight is 209 g/mol. The summed E-state index contributed by atoms with van der Waals surface area (Å²) in [5, 5.41) is 0. The molecule has 3 atom stereocenters. The molecule has 1 nitrogen and oxygen atoms in total. The fraction of sp³-hybridized carbons (Fsp3) is 1.00. The third kappa shape index (κ3) is 2.08. The smallest absolute Gasteiger partial charge is 0.0150 e. The molecule has 1 aliphatic heterocycles. The van der Waals surface area contributed by atoms with E-state index in [-0.39, 0.29) is 0 Å². The molecule has 0 spiro atoms. The molecule has 1 saturated heterocycles. The molecule has 2 fully saturated rings. The number of rotatable bonds is 1. The van der Waals surface area contributed by atoms with Crippen molar-refractivity contribution in [2.45, 2.75) is 71.9 Å². The van der Waals surface area contributed by atoms with Gasteiger partial charge in [0.05, 0.1) is 0 Å². The van der Waals surface area contributed by atoms with Crippen LogP contribution in [0.15, 0.2) is 0 Å². The second-order valence-corrected chi connectivity index (χ2v) is 6.56. The van der Waals surface area contributed by atoms with Crippen molar-refractivity contribution in [2.75, 3.05) is 6.54 Å². The van der Waals surface area contributed by atoms with E-state index in [0.29, 0.717) is 5.41 Å². The molecule has 1 saturated carbocycles. The molecule has 2 aliphatic rings. The summed E-state index contributed by atoms with van der Waals surface area (Å²) < 4.78 is 0. The largest absolute Gasteiger partial charge is 0.297 e. The minimum Gasteiger partial charge on any atom is -0.297 e. The molecule has 0 radical (unpaired) electrons. The Morgan fingerprint density at radius 2 is 1.80 bits per heavy atom. The van der Waals surface area contributed by atoms with Gasteiger partial charge in [0.1, 0.15) is 0 Å². The van der Waals surface area contributed by atoms with Crippen molar-refractivity contribution in [3.8, 4) is 0 Å². The Bertz CT molecular complexity index is 216. The lowest BCUT2D eigenvalue weighted by Gasteiger charge is -2.38. The summed E-state index contributed by atoms with van der Waals surface area (Å²) >= 11 is 0. The summed E-state index contributed by atoms with van der Waals surface area (Å²) in [4.78, 5) is 2.81. The van der Waals surface area contributed by atoms with Crippen LogP contribution in [0.3, 0.4) is 0 Å². The van der Waals surface area contributed by atoms with Gasteiger partial charge in [-0.15, -0.1) is 0 Å². The Morgan fingerprint density at radius 3 is 2.40 bits per heavy atom. The Balaban J connectivity index is 2.14. The summed E-state index contributed by atoms with van der Waals surface area (Å²) in [6.45, 7) is 10.8. The molecular formula is C14H27N. The van der Waals surface area contributed by atoms with Gasteiger partial charge >= 0.3 is 0 Å². The van der Waals surface area contributed by atoms with Crippen molar-refractivity contribution in [3.05, 3.63) is 0 Å². The van der Waals surface area contributed by atoms with E-state index < -0.39 is 0 Å². The minimum atomic E-state index is 0.466. The molecule has 1 heterocycles. The van der Waals surface area contributed by atoms with Crippen molar-refractivity contribution in [1.82, 2.24) is 4.90 Å². The fourth-order valence-corrected chi connectivity index (χ4v) is 3.86. The number of hydrogen-bond acceptors (Lipinski definition) is 1. The molecule has 0 bridgehead atoms. The first-order chi connectivity index (χ1) is 7.04. The second-order valence-electron chi connectivity index (χ2n) is 6.56. The maximum absolute atomic E-state index is 2.81. The summed E-state index contributed by atoms with van der Waals surface area (Å²) in [5.41, 5.74) is 0.466. The third-order valence-corrected chi connectivity index (χ3v) is 4.59. The van der Waals surface area contributed by atoms with Crippen LogP contribution in [0.4, 0.5) is 0 Å². The highest BCUT2D eigenvalue weighted by molar-refractivity contribution is 4.99. The van der Waals surface area contributed by atoms with Gasteiger partial charge in [0.15, 0.2) is 0 Å². The Hall–Kier alpha value is -0.0400. The molecule has 2 rings (SSSR count). The topological polar surface area (TPSA) is 3.24 Å². The summed E-state index contributed by atoms with van der Waals surface area (Å²) in [5.74, 6) is 1.02. The van der Waals surface area contributed by atoms with Crippen LogP contribution in [0.1, 0.15) is 59.8 Å². The van der Waals surface area contributed by atoms with E-state index in [1.807, 2.05) is 0 Å². The summed E-state index contributed by atoms with van der Waals surface area (Å²) in [7, 11) is 0. The molecule has 1 heteroatoms. The highest BCUT2D eigenvalue weighted by atomic mass is 15.2. The highest BCUT2D eigenvalue weighted by Crippen LogP contribution is 2.44. The van der Waals surface area contributed by atoms with Crippen LogP contribution in [0.5, 0.6) is 0 Å². The predicted molar refractivity (Wildman–Crippen MR) is 66.0 cm³/mol. The summed E-state index contributed by atoms with van der Waals surface area (Å²) in [6.07, 6.45) is 7.37. The lowest BCUT2D eigenvalue weighted by molar-refractivity contribution is 0.0997. The van der Waals surface area contributed by atoms with Gasteiger partial charge in [0, 0.05) is 12.1 Å². The monoisotopic (exact) mass is 209 g/mol. The van der Waals surface area contributed by atoms with Gasteiger partial charge in [-0.05, 0) is 37.1 Å². The molecule has 3 unspecified atom stereocenters. The molecule has 0 N–H and O–H groups in total. The lowest BCUT2D eigenvalue weighted by atomic mass is 9.81. The van der Waals surface area contributed by atoms with Crippen LogP contribution in [-0.4, -0.2) is 23.5 Å². The van der Waals surface area contributed by atoms with Crippen LogP contribution in [0.25, 0.3) is 0 Å². The van der Waals surface area contributed by atoms with Crippen LogP contribution >= 0.6 is 0 Å².